The topological polar surface area (TPSA) is 69.7 Å². The van der Waals surface area contributed by atoms with Crippen LogP contribution in [0, 0.1) is 0 Å². The smallest absolute Gasteiger partial charge is 0.224 e. The van der Waals surface area contributed by atoms with Crippen molar-refractivity contribution in [1.82, 2.24) is 15.1 Å². The Morgan fingerprint density at radius 3 is 2.32 bits per heavy atom. The number of nitrogens with one attached hydrogen (secondary N) is 1. The molecule has 1 N–H and O–H groups in total. The summed E-state index contributed by atoms with van der Waals surface area (Å²) in [4.78, 5) is 38.8. The van der Waals surface area contributed by atoms with Gasteiger partial charge in [-0.2, -0.15) is 0 Å². The summed E-state index contributed by atoms with van der Waals surface area (Å²) in [6.07, 6.45) is 1.19. The van der Waals surface area contributed by atoms with Gasteiger partial charge in [-0.3, -0.25) is 14.4 Å². The molecule has 1 aromatic carbocycles. The highest BCUT2D eigenvalue weighted by Gasteiger charge is 2.21. The molecule has 1 saturated heterocycles. The maximum Gasteiger partial charge on any atom is 0.224 e. The first-order valence-electron chi connectivity index (χ1n) is 8.51. The Morgan fingerprint density at radius 1 is 1.04 bits per heavy atom. The molecule has 1 fully saturated rings. The van der Waals surface area contributed by atoms with Crippen LogP contribution >= 0.6 is 11.6 Å². The fraction of sp³-hybridized carbons (Fsp3) is 0.500. The molecular weight excluding hydrogens is 342 g/mol. The van der Waals surface area contributed by atoms with Crippen molar-refractivity contribution in [2.45, 2.75) is 26.2 Å². The molecule has 136 valence electrons. The Bertz CT molecular complexity index is 628. The largest absolute Gasteiger partial charge is 0.356 e. The van der Waals surface area contributed by atoms with Crippen molar-refractivity contribution in [2.75, 3.05) is 32.7 Å². The lowest BCUT2D eigenvalue weighted by atomic mass is 10.1. The lowest BCUT2D eigenvalue weighted by Gasteiger charge is -2.34. The van der Waals surface area contributed by atoms with Crippen molar-refractivity contribution < 1.29 is 14.4 Å². The van der Waals surface area contributed by atoms with Gasteiger partial charge in [0.15, 0.2) is 0 Å². The van der Waals surface area contributed by atoms with Crippen LogP contribution in [0.2, 0.25) is 5.02 Å². The molecule has 0 bridgehead atoms. The normalized spacial score (nSPS) is 14.3. The van der Waals surface area contributed by atoms with Crippen molar-refractivity contribution in [2.24, 2.45) is 0 Å². The van der Waals surface area contributed by atoms with Gasteiger partial charge in [0.25, 0.3) is 0 Å². The van der Waals surface area contributed by atoms with Crippen LogP contribution in [0.4, 0.5) is 0 Å². The van der Waals surface area contributed by atoms with E-state index in [1.165, 1.54) is 6.92 Å². The van der Waals surface area contributed by atoms with E-state index in [0.717, 1.165) is 5.56 Å². The third-order valence-electron chi connectivity index (χ3n) is 4.32. The van der Waals surface area contributed by atoms with Crippen LogP contribution in [-0.2, 0) is 20.8 Å². The standard InChI is InChI=1S/C18H24ClN3O3/c1-14(23)21-10-12-22(13-11-21)18(25)8-9-20-17(24)7-6-15-4-2-3-5-16(15)19/h2-5H,6-13H2,1H3,(H,20,24). The van der Waals surface area contributed by atoms with Gasteiger partial charge in [-0.25, -0.2) is 0 Å². The van der Waals surface area contributed by atoms with E-state index in [0.29, 0.717) is 50.6 Å². The number of rotatable bonds is 6. The summed E-state index contributed by atoms with van der Waals surface area (Å²) in [5.41, 5.74) is 0.943. The van der Waals surface area contributed by atoms with Crippen molar-refractivity contribution in [3.63, 3.8) is 0 Å². The third kappa shape index (κ3) is 6.05. The molecule has 0 unspecified atom stereocenters. The predicted octanol–water partition coefficient (Wildman–Crippen LogP) is 1.47. The van der Waals surface area contributed by atoms with Crippen LogP contribution < -0.4 is 5.32 Å². The zero-order valence-corrected chi connectivity index (χ0v) is 15.2. The number of hydrogen-bond donors (Lipinski definition) is 1. The number of benzene rings is 1. The monoisotopic (exact) mass is 365 g/mol. The van der Waals surface area contributed by atoms with Crippen molar-refractivity contribution in [3.8, 4) is 0 Å². The first-order chi connectivity index (χ1) is 12.0. The van der Waals surface area contributed by atoms with E-state index in [2.05, 4.69) is 5.32 Å². The van der Waals surface area contributed by atoms with Gasteiger partial charge in [0.05, 0.1) is 0 Å². The molecule has 1 aliphatic rings. The van der Waals surface area contributed by atoms with Gasteiger partial charge in [0.1, 0.15) is 0 Å². The zero-order chi connectivity index (χ0) is 18.2. The number of amides is 3. The van der Waals surface area contributed by atoms with Gasteiger partial charge in [-0.1, -0.05) is 29.8 Å². The summed E-state index contributed by atoms with van der Waals surface area (Å²) < 4.78 is 0. The quantitative estimate of drug-likeness (QED) is 0.830. The molecule has 0 radical (unpaired) electrons. The summed E-state index contributed by atoms with van der Waals surface area (Å²) >= 11 is 6.06. The third-order valence-corrected chi connectivity index (χ3v) is 4.69. The maximum atomic E-state index is 12.1. The first-order valence-corrected chi connectivity index (χ1v) is 8.88. The van der Waals surface area contributed by atoms with E-state index in [1.54, 1.807) is 15.9 Å². The van der Waals surface area contributed by atoms with Gasteiger partial charge in [0, 0.05) is 57.5 Å². The van der Waals surface area contributed by atoms with E-state index in [1.807, 2.05) is 18.2 Å². The van der Waals surface area contributed by atoms with E-state index in [4.69, 9.17) is 11.6 Å². The predicted molar refractivity (Wildman–Crippen MR) is 96.2 cm³/mol. The van der Waals surface area contributed by atoms with Gasteiger partial charge < -0.3 is 15.1 Å². The van der Waals surface area contributed by atoms with Gasteiger partial charge in [-0.15, -0.1) is 0 Å². The highest BCUT2D eigenvalue weighted by molar-refractivity contribution is 6.31. The van der Waals surface area contributed by atoms with E-state index in [9.17, 15) is 14.4 Å². The Morgan fingerprint density at radius 2 is 1.68 bits per heavy atom. The minimum Gasteiger partial charge on any atom is -0.356 e. The fourth-order valence-corrected chi connectivity index (χ4v) is 3.01. The van der Waals surface area contributed by atoms with Crippen LogP contribution in [0.25, 0.3) is 0 Å². The van der Waals surface area contributed by atoms with Gasteiger partial charge in [-0.05, 0) is 18.1 Å². The lowest BCUT2D eigenvalue weighted by molar-refractivity contribution is -0.138. The number of aryl methyl sites for hydroxylation is 1. The summed E-state index contributed by atoms with van der Waals surface area (Å²) in [6, 6.07) is 7.45. The number of halogens is 1. The first kappa shape index (κ1) is 19.2. The number of nitrogens with zero attached hydrogens (tertiary/aromatic N) is 2. The maximum absolute atomic E-state index is 12.1. The molecule has 1 aliphatic heterocycles. The van der Waals surface area contributed by atoms with Crippen molar-refractivity contribution in [1.29, 1.82) is 0 Å². The second-order valence-electron chi connectivity index (χ2n) is 6.08. The van der Waals surface area contributed by atoms with Crippen LogP contribution in [0.1, 0.15) is 25.3 Å². The average Bonchev–Trinajstić information content (AvgIpc) is 2.61. The number of carbonyl (C=O) groups is 3. The van der Waals surface area contributed by atoms with E-state index >= 15 is 0 Å². The second-order valence-corrected chi connectivity index (χ2v) is 6.49. The molecule has 0 atom stereocenters. The Labute approximate surface area is 153 Å². The van der Waals surface area contributed by atoms with E-state index in [-0.39, 0.29) is 24.1 Å². The number of piperazine rings is 1. The number of carbonyl (C=O) groups excluding carboxylic acids is 3. The molecular formula is C18H24ClN3O3. The molecule has 1 aromatic rings. The molecule has 7 heteroatoms. The highest BCUT2D eigenvalue weighted by Crippen LogP contribution is 2.16. The summed E-state index contributed by atoms with van der Waals surface area (Å²) in [5, 5.41) is 3.44. The molecule has 0 aromatic heterocycles. The van der Waals surface area contributed by atoms with Crippen LogP contribution in [0.5, 0.6) is 0 Å². The van der Waals surface area contributed by atoms with Crippen LogP contribution in [0.3, 0.4) is 0 Å². The minimum absolute atomic E-state index is 0.00889. The molecule has 2 rings (SSSR count). The number of hydrogen-bond acceptors (Lipinski definition) is 3. The van der Waals surface area contributed by atoms with Crippen molar-refractivity contribution >= 4 is 29.3 Å². The molecule has 3 amide bonds. The highest BCUT2D eigenvalue weighted by atomic mass is 35.5. The minimum atomic E-state index is -0.0888. The molecule has 0 spiro atoms. The fourth-order valence-electron chi connectivity index (χ4n) is 2.78. The summed E-state index contributed by atoms with van der Waals surface area (Å²) in [7, 11) is 0. The lowest BCUT2D eigenvalue weighted by Crippen LogP contribution is -2.50. The Hall–Kier alpha value is -2.08. The Kier molecular flexibility index (Phi) is 7.25. The molecule has 0 aliphatic carbocycles. The summed E-state index contributed by atoms with van der Waals surface area (Å²) in [5.74, 6) is -0.0402. The molecule has 0 saturated carbocycles. The van der Waals surface area contributed by atoms with Crippen LogP contribution in [-0.4, -0.2) is 60.2 Å². The molecule has 1 heterocycles. The SMILES string of the molecule is CC(=O)N1CCN(C(=O)CCNC(=O)CCc2ccccc2Cl)CC1. The van der Waals surface area contributed by atoms with E-state index < -0.39 is 0 Å². The van der Waals surface area contributed by atoms with Gasteiger partial charge in [0.2, 0.25) is 17.7 Å². The molecule has 6 nitrogen and oxygen atoms in total. The van der Waals surface area contributed by atoms with Gasteiger partial charge >= 0.3 is 0 Å². The second kappa shape index (κ2) is 9.42. The molecule has 25 heavy (non-hydrogen) atoms. The van der Waals surface area contributed by atoms with Crippen molar-refractivity contribution in [3.05, 3.63) is 34.9 Å². The zero-order valence-electron chi connectivity index (χ0n) is 14.5. The average molecular weight is 366 g/mol. The Balaban J connectivity index is 1.63. The summed E-state index contributed by atoms with van der Waals surface area (Å²) in [6.45, 7) is 4.12. The van der Waals surface area contributed by atoms with Crippen LogP contribution in [0.15, 0.2) is 24.3 Å².